The topological polar surface area (TPSA) is 44.5 Å². The van der Waals surface area contributed by atoms with E-state index in [-0.39, 0.29) is 11.0 Å². The smallest absolute Gasteiger partial charge is 0.122 e. The zero-order valence-corrected chi connectivity index (χ0v) is 10.9. The van der Waals surface area contributed by atoms with Crippen LogP contribution in [0.5, 0.6) is 5.75 Å². The summed E-state index contributed by atoms with van der Waals surface area (Å²) in [6, 6.07) is 8.25. The third-order valence-electron chi connectivity index (χ3n) is 3.88. The van der Waals surface area contributed by atoms with Crippen LogP contribution in [-0.2, 0) is 11.2 Å². The van der Waals surface area contributed by atoms with Crippen molar-refractivity contribution in [2.75, 3.05) is 19.8 Å². The first kappa shape index (κ1) is 12.0. The summed E-state index contributed by atoms with van der Waals surface area (Å²) in [6.45, 7) is 4.53. The van der Waals surface area contributed by atoms with Crippen molar-refractivity contribution in [3.8, 4) is 5.75 Å². The molecule has 18 heavy (non-hydrogen) atoms. The molecule has 0 amide bonds. The molecular weight excluding hydrogens is 226 g/mol. The van der Waals surface area contributed by atoms with Gasteiger partial charge in [-0.2, -0.15) is 0 Å². The molecule has 1 saturated carbocycles. The van der Waals surface area contributed by atoms with Crippen molar-refractivity contribution >= 4 is 0 Å². The molecule has 1 heterocycles. The van der Waals surface area contributed by atoms with Gasteiger partial charge in [0.15, 0.2) is 0 Å². The minimum atomic E-state index is 0.0307. The highest BCUT2D eigenvalue weighted by molar-refractivity contribution is 5.35. The fraction of sp³-hybridized carbons (Fsp3) is 0.600. The standard InChI is InChI=1S/C15H21NO2/c1-14(9-17-10-14)11-18-13-5-3-2-4-12(13)8-15(16)6-7-15/h2-5H,6-11,16H2,1H3. The molecule has 2 N–H and O–H groups in total. The van der Waals surface area contributed by atoms with E-state index in [4.69, 9.17) is 15.2 Å². The van der Waals surface area contributed by atoms with Gasteiger partial charge in [0.1, 0.15) is 5.75 Å². The third kappa shape index (κ3) is 2.52. The molecule has 1 saturated heterocycles. The molecule has 0 radical (unpaired) electrons. The van der Waals surface area contributed by atoms with Gasteiger partial charge in [0.2, 0.25) is 0 Å². The summed E-state index contributed by atoms with van der Waals surface area (Å²) in [6.07, 6.45) is 3.19. The molecule has 3 nitrogen and oxygen atoms in total. The maximum Gasteiger partial charge on any atom is 0.122 e. The summed E-state index contributed by atoms with van der Waals surface area (Å²) in [5.74, 6) is 0.988. The Labute approximate surface area is 108 Å². The molecule has 0 spiro atoms. The van der Waals surface area contributed by atoms with E-state index in [1.54, 1.807) is 0 Å². The van der Waals surface area contributed by atoms with E-state index in [2.05, 4.69) is 19.1 Å². The average Bonchev–Trinajstić information content (AvgIpc) is 3.03. The fourth-order valence-corrected chi connectivity index (χ4v) is 2.29. The molecule has 2 aliphatic rings. The zero-order valence-electron chi connectivity index (χ0n) is 10.9. The van der Waals surface area contributed by atoms with Crippen LogP contribution >= 0.6 is 0 Å². The fourth-order valence-electron chi connectivity index (χ4n) is 2.29. The maximum atomic E-state index is 6.19. The first-order valence-electron chi connectivity index (χ1n) is 6.66. The minimum absolute atomic E-state index is 0.0307. The van der Waals surface area contributed by atoms with E-state index in [0.717, 1.165) is 44.8 Å². The number of hydrogen-bond donors (Lipinski definition) is 1. The second-order valence-electron chi connectivity index (χ2n) is 6.24. The van der Waals surface area contributed by atoms with Gasteiger partial charge in [0, 0.05) is 11.0 Å². The van der Waals surface area contributed by atoms with Gasteiger partial charge in [-0.05, 0) is 30.9 Å². The van der Waals surface area contributed by atoms with Crippen LogP contribution in [0.4, 0.5) is 0 Å². The normalized spacial score (nSPS) is 23.2. The number of hydrogen-bond acceptors (Lipinski definition) is 3. The average molecular weight is 247 g/mol. The predicted molar refractivity (Wildman–Crippen MR) is 70.7 cm³/mol. The third-order valence-corrected chi connectivity index (χ3v) is 3.88. The van der Waals surface area contributed by atoms with E-state index in [1.807, 2.05) is 12.1 Å². The highest BCUT2D eigenvalue weighted by Gasteiger charge is 2.39. The summed E-state index contributed by atoms with van der Waals surface area (Å²) < 4.78 is 11.2. The van der Waals surface area contributed by atoms with Crippen molar-refractivity contribution in [1.29, 1.82) is 0 Å². The summed E-state index contributed by atoms with van der Waals surface area (Å²) in [5.41, 5.74) is 7.65. The van der Waals surface area contributed by atoms with Crippen molar-refractivity contribution < 1.29 is 9.47 Å². The molecule has 0 unspecified atom stereocenters. The summed E-state index contributed by atoms with van der Waals surface area (Å²) >= 11 is 0. The monoisotopic (exact) mass is 247 g/mol. The van der Waals surface area contributed by atoms with Crippen LogP contribution in [0.3, 0.4) is 0 Å². The van der Waals surface area contributed by atoms with E-state index in [1.165, 1.54) is 5.56 Å². The lowest BCUT2D eigenvalue weighted by atomic mass is 9.90. The van der Waals surface area contributed by atoms with Crippen LogP contribution in [0.2, 0.25) is 0 Å². The molecule has 98 valence electrons. The highest BCUT2D eigenvalue weighted by atomic mass is 16.5. The van der Waals surface area contributed by atoms with E-state index in [0.29, 0.717) is 0 Å². The van der Waals surface area contributed by atoms with Gasteiger partial charge in [-0.1, -0.05) is 25.1 Å². The number of ether oxygens (including phenoxy) is 2. The molecule has 0 bridgehead atoms. The summed E-state index contributed by atoms with van der Waals surface area (Å²) in [5, 5.41) is 0. The predicted octanol–water partition coefficient (Wildman–Crippen LogP) is 2.14. The Morgan fingerprint density at radius 3 is 2.61 bits per heavy atom. The van der Waals surface area contributed by atoms with Crippen molar-refractivity contribution in [1.82, 2.24) is 0 Å². The molecule has 3 rings (SSSR count). The Morgan fingerprint density at radius 1 is 1.28 bits per heavy atom. The first-order chi connectivity index (χ1) is 8.59. The Bertz CT molecular complexity index is 436. The first-order valence-corrected chi connectivity index (χ1v) is 6.66. The molecule has 1 aromatic rings. The van der Waals surface area contributed by atoms with Crippen LogP contribution in [0.15, 0.2) is 24.3 Å². The van der Waals surface area contributed by atoms with Gasteiger partial charge in [-0.3, -0.25) is 0 Å². The molecule has 1 aromatic carbocycles. The Kier molecular flexibility index (Phi) is 2.83. The Hall–Kier alpha value is -1.06. The van der Waals surface area contributed by atoms with Crippen LogP contribution < -0.4 is 10.5 Å². The summed E-state index contributed by atoms with van der Waals surface area (Å²) in [4.78, 5) is 0. The largest absolute Gasteiger partial charge is 0.493 e. The second kappa shape index (κ2) is 4.25. The van der Waals surface area contributed by atoms with Crippen molar-refractivity contribution in [3.05, 3.63) is 29.8 Å². The van der Waals surface area contributed by atoms with Gasteiger partial charge < -0.3 is 15.2 Å². The highest BCUT2D eigenvalue weighted by Crippen LogP contribution is 2.38. The van der Waals surface area contributed by atoms with Gasteiger partial charge in [0.25, 0.3) is 0 Å². The molecule has 1 aliphatic carbocycles. The lowest BCUT2D eigenvalue weighted by Crippen LogP contribution is -2.44. The quantitative estimate of drug-likeness (QED) is 0.867. The van der Waals surface area contributed by atoms with E-state index < -0.39 is 0 Å². The van der Waals surface area contributed by atoms with Crippen LogP contribution in [0.25, 0.3) is 0 Å². The van der Waals surface area contributed by atoms with Crippen molar-refractivity contribution in [3.63, 3.8) is 0 Å². The number of para-hydroxylation sites is 1. The number of rotatable bonds is 5. The summed E-state index contributed by atoms with van der Waals surface area (Å²) in [7, 11) is 0. The number of nitrogens with two attached hydrogens (primary N) is 1. The molecule has 0 aromatic heterocycles. The second-order valence-corrected chi connectivity index (χ2v) is 6.24. The minimum Gasteiger partial charge on any atom is -0.493 e. The lowest BCUT2D eigenvalue weighted by molar-refractivity contribution is -0.120. The molecular formula is C15H21NO2. The van der Waals surface area contributed by atoms with Gasteiger partial charge in [-0.15, -0.1) is 0 Å². The zero-order chi connectivity index (χ0) is 12.6. The van der Waals surface area contributed by atoms with E-state index in [9.17, 15) is 0 Å². The SMILES string of the molecule is CC1(COc2ccccc2CC2(N)CC2)COC1. The van der Waals surface area contributed by atoms with E-state index >= 15 is 0 Å². The van der Waals surface area contributed by atoms with Gasteiger partial charge >= 0.3 is 0 Å². The Balaban J connectivity index is 1.66. The molecule has 3 heteroatoms. The molecule has 1 aliphatic heterocycles. The molecule has 2 fully saturated rings. The Morgan fingerprint density at radius 2 is 2.00 bits per heavy atom. The molecule has 0 atom stereocenters. The van der Waals surface area contributed by atoms with Gasteiger partial charge in [-0.25, -0.2) is 0 Å². The van der Waals surface area contributed by atoms with Crippen LogP contribution in [-0.4, -0.2) is 25.4 Å². The van der Waals surface area contributed by atoms with Crippen molar-refractivity contribution in [2.24, 2.45) is 11.1 Å². The number of benzene rings is 1. The maximum absolute atomic E-state index is 6.19. The lowest BCUT2D eigenvalue weighted by Gasteiger charge is -2.37. The van der Waals surface area contributed by atoms with Gasteiger partial charge in [0.05, 0.1) is 19.8 Å². The van der Waals surface area contributed by atoms with Crippen molar-refractivity contribution in [2.45, 2.75) is 31.7 Å². The van der Waals surface area contributed by atoms with Crippen LogP contribution in [0.1, 0.15) is 25.3 Å². The van der Waals surface area contributed by atoms with Crippen LogP contribution in [0, 0.1) is 5.41 Å².